The highest BCUT2D eigenvalue weighted by atomic mass is 16.6. The molecule has 0 amide bonds. The molecule has 19 heavy (non-hydrogen) atoms. The highest BCUT2D eigenvalue weighted by Gasteiger charge is 2.14. The second-order valence-electron chi connectivity index (χ2n) is 5.69. The van der Waals surface area contributed by atoms with E-state index in [1.54, 1.807) is 0 Å². The van der Waals surface area contributed by atoms with Gasteiger partial charge in [-0.05, 0) is 49.0 Å². The summed E-state index contributed by atoms with van der Waals surface area (Å²) in [5.74, 6) is 3.02. The highest BCUT2D eigenvalue weighted by molar-refractivity contribution is 5.44. The quantitative estimate of drug-likeness (QED) is 0.800. The van der Waals surface area contributed by atoms with Crippen LogP contribution in [-0.4, -0.2) is 26.3 Å². The molecular weight excluding hydrogens is 238 g/mol. The average Bonchev–Trinajstić information content (AvgIpc) is 2.42. The van der Waals surface area contributed by atoms with Crippen LogP contribution in [0.2, 0.25) is 0 Å². The van der Waals surface area contributed by atoms with Crippen molar-refractivity contribution in [2.24, 2.45) is 5.92 Å². The molecular formula is C16H25NO2. The van der Waals surface area contributed by atoms with E-state index in [0.29, 0.717) is 25.0 Å². The third-order valence-electron chi connectivity index (χ3n) is 3.44. The third-order valence-corrected chi connectivity index (χ3v) is 3.44. The summed E-state index contributed by atoms with van der Waals surface area (Å²) in [6.07, 6.45) is 1.15. The topological polar surface area (TPSA) is 30.5 Å². The molecule has 0 fully saturated rings. The van der Waals surface area contributed by atoms with Crippen LogP contribution in [0, 0.1) is 5.92 Å². The molecule has 0 bridgehead atoms. The lowest BCUT2D eigenvalue weighted by Gasteiger charge is -2.20. The van der Waals surface area contributed by atoms with Crippen LogP contribution in [-0.2, 0) is 0 Å². The van der Waals surface area contributed by atoms with Crippen LogP contribution in [0.1, 0.15) is 38.7 Å². The molecule has 1 aliphatic rings. The van der Waals surface area contributed by atoms with Crippen molar-refractivity contribution >= 4 is 0 Å². The lowest BCUT2D eigenvalue weighted by atomic mass is 9.97. The maximum Gasteiger partial charge on any atom is 0.161 e. The number of ether oxygens (including phenoxy) is 2. The molecule has 0 saturated heterocycles. The minimum absolute atomic E-state index is 0.537. The van der Waals surface area contributed by atoms with Gasteiger partial charge in [0, 0.05) is 0 Å². The van der Waals surface area contributed by atoms with E-state index in [2.05, 4.69) is 38.2 Å². The Kier molecular flexibility index (Phi) is 5.08. The predicted octanol–water partition coefficient (Wildman–Crippen LogP) is 3.20. The standard InChI is InChI=1S/C16H25NO2/c1-12(2)11-17-7-6-13(3)14-4-5-15-16(10-14)19-9-8-18-15/h4-5,10,12-13,17H,6-9,11H2,1-3H3. The Hall–Kier alpha value is -1.22. The number of rotatable bonds is 6. The molecule has 1 unspecified atom stereocenters. The summed E-state index contributed by atoms with van der Waals surface area (Å²) in [4.78, 5) is 0. The average molecular weight is 263 g/mol. The molecule has 0 spiro atoms. The lowest BCUT2D eigenvalue weighted by molar-refractivity contribution is 0.171. The number of benzene rings is 1. The van der Waals surface area contributed by atoms with Crippen molar-refractivity contribution in [2.75, 3.05) is 26.3 Å². The van der Waals surface area contributed by atoms with Crippen LogP contribution in [0.3, 0.4) is 0 Å². The van der Waals surface area contributed by atoms with E-state index in [-0.39, 0.29) is 0 Å². The van der Waals surface area contributed by atoms with Crippen molar-refractivity contribution in [3.63, 3.8) is 0 Å². The van der Waals surface area contributed by atoms with Gasteiger partial charge < -0.3 is 14.8 Å². The maximum absolute atomic E-state index is 5.63. The lowest BCUT2D eigenvalue weighted by Crippen LogP contribution is -2.22. The summed E-state index contributed by atoms with van der Waals surface area (Å²) in [6.45, 7) is 10.2. The van der Waals surface area contributed by atoms with Crippen LogP contribution < -0.4 is 14.8 Å². The molecule has 1 N–H and O–H groups in total. The van der Waals surface area contributed by atoms with Crippen molar-refractivity contribution in [3.05, 3.63) is 23.8 Å². The van der Waals surface area contributed by atoms with Gasteiger partial charge in [-0.15, -0.1) is 0 Å². The Morgan fingerprint density at radius 3 is 2.58 bits per heavy atom. The number of hydrogen-bond donors (Lipinski definition) is 1. The smallest absolute Gasteiger partial charge is 0.161 e. The fourth-order valence-corrected chi connectivity index (χ4v) is 2.24. The van der Waals surface area contributed by atoms with Crippen molar-refractivity contribution in [3.8, 4) is 11.5 Å². The first-order chi connectivity index (χ1) is 9.16. The minimum atomic E-state index is 0.537. The molecule has 106 valence electrons. The minimum Gasteiger partial charge on any atom is -0.486 e. The summed E-state index contributed by atoms with van der Waals surface area (Å²) >= 11 is 0. The fraction of sp³-hybridized carbons (Fsp3) is 0.625. The van der Waals surface area contributed by atoms with Crippen LogP contribution >= 0.6 is 0 Å². The second kappa shape index (κ2) is 6.80. The maximum atomic E-state index is 5.63. The molecule has 0 radical (unpaired) electrons. The van der Waals surface area contributed by atoms with Gasteiger partial charge in [0.05, 0.1) is 0 Å². The number of hydrogen-bond acceptors (Lipinski definition) is 3. The van der Waals surface area contributed by atoms with E-state index in [0.717, 1.165) is 31.0 Å². The Bertz CT molecular complexity index is 404. The largest absolute Gasteiger partial charge is 0.486 e. The molecule has 1 heterocycles. The van der Waals surface area contributed by atoms with Crippen LogP contribution in [0.15, 0.2) is 18.2 Å². The Labute approximate surface area is 116 Å². The van der Waals surface area contributed by atoms with Gasteiger partial charge in [0.25, 0.3) is 0 Å². The molecule has 3 heteroatoms. The molecule has 0 aliphatic carbocycles. The van der Waals surface area contributed by atoms with Gasteiger partial charge in [-0.25, -0.2) is 0 Å². The van der Waals surface area contributed by atoms with Crippen LogP contribution in [0.25, 0.3) is 0 Å². The summed E-state index contributed by atoms with van der Waals surface area (Å²) in [5, 5.41) is 3.49. The SMILES string of the molecule is CC(C)CNCCC(C)c1ccc2c(c1)OCCO2. The van der Waals surface area contributed by atoms with E-state index in [1.807, 2.05) is 6.07 Å². The molecule has 1 atom stereocenters. The first-order valence-corrected chi connectivity index (χ1v) is 7.27. The van der Waals surface area contributed by atoms with Gasteiger partial charge in [-0.3, -0.25) is 0 Å². The predicted molar refractivity (Wildman–Crippen MR) is 78.2 cm³/mol. The first kappa shape index (κ1) is 14.2. The van der Waals surface area contributed by atoms with E-state index < -0.39 is 0 Å². The van der Waals surface area contributed by atoms with Gasteiger partial charge in [-0.2, -0.15) is 0 Å². The van der Waals surface area contributed by atoms with E-state index in [1.165, 1.54) is 5.56 Å². The van der Waals surface area contributed by atoms with Gasteiger partial charge in [0.15, 0.2) is 11.5 Å². The summed E-state index contributed by atoms with van der Waals surface area (Å²) in [5.41, 5.74) is 1.33. The Morgan fingerprint density at radius 2 is 1.84 bits per heavy atom. The molecule has 1 aliphatic heterocycles. The van der Waals surface area contributed by atoms with Gasteiger partial charge in [0.1, 0.15) is 13.2 Å². The normalized spacial score (nSPS) is 15.6. The Balaban J connectivity index is 1.86. The summed E-state index contributed by atoms with van der Waals surface area (Å²) < 4.78 is 11.2. The van der Waals surface area contributed by atoms with Gasteiger partial charge >= 0.3 is 0 Å². The Morgan fingerprint density at radius 1 is 1.11 bits per heavy atom. The molecule has 2 rings (SSSR count). The highest BCUT2D eigenvalue weighted by Crippen LogP contribution is 2.33. The number of fused-ring (bicyclic) bond motifs is 1. The summed E-state index contributed by atoms with van der Waals surface area (Å²) in [6, 6.07) is 6.31. The van der Waals surface area contributed by atoms with E-state index >= 15 is 0 Å². The van der Waals surface area contributed by atoms with E-state index in [9.17, 15) is 0 Å². The van der Waals surface area contributed by atoms with Gasteiger partial charge in [0.2, 0.25) is 0 Å². The molecule has 3 nitrogen and oxygen atoms in total. The first-order valence-electron chi connectivity index (χ1n) is 7.27. The van der Waals surface area contributed by atoms with E-state index in [4.69, 9.17) is 9.47 Å². The van der Waals surface area contributed by atoms with Crippen molar-refractivity contribution in [1.82, 2.24) is 5.32 Å². The monoisotopic (exact) mass is 263 g/mol. The van der Waals surface area contributed by atoms with Crippen LogP contribution in [0.5, 0.6) is 11.5 Å². The zero-order valence-electron chi connectivity index (χ0n) is 12.2. The zero-order valence-corrected chi connectivity index (χ0v) is 12.2. The fourth-order valence-electron chi connectivity index (χ4n) is 2.24. The summed E-state index contributed by atoms with van der Waals surface area (Å²) in [7, 11) is 0. The molecule has 1 aromatic rings. The molecule has 0 saturated carbocycles. The van der Waals surface area contributed by atoms with Crippen molar-refractivity contribution in [2.45, 2.75) is 33.1 Å². The van der Waals surface area contributed by atoms with Crippen LogP contribution in [0.4, 0.5) is 0 Å². The second-order valence-corrected chi connectivity index (χ2v) is 5.69. The molecule has 1 aromatic carbocycles. The molecule has 0 aromatic heterocycles. The van der Waals surface area contributed by atoms with Crippen molar-refractivity contribution < 1.29 is 9.47 Å². The van der Waals surface area contributed by atoms with Gasteiger partial charge in [-0.1, -0.05) is 26.8 Å². The van der Waals surface area contributed by atoms with Crippen molar-refractivity contribution in [1.29, 1.82) is 0 Å². The zero-order chi connectivity index (χ0) is 13.7. The third kappa shape index (κ3) is 4.13. The number of nitrogens with one attached hydrogen (secondary N) is 1.